The predicted molar refractivity (Wildman–Crippen MR) is 118 cm³/mol. The summed E-state index contributed by atoms with van der Waals surface area (Å²) in [6, 6.07) is 3.23. The number of carbonyl (C=O) groups excluding carboxylic acids is 1. The first-order valence-electron chi connectivity index (χ1n) is 9.07. The van der Waals surface area contributed by atoms with Crippen molar-refractivity contribution in [2.24, 2.45) is 5.92 Å². The second-order valence-electron chi connectivity index (χ2n) is 6.93. The number of nitrogens with two attached hydrogens (primary N) is 1. The summed E-state index contributed by atoms with van der Waals surface area (Å²) < 4.78 is 5.31. The molecule has 1 heterocycles. The number of nitrogens with zero attached hydrogens (tertiary/aromatic N) is 2. The first-order chi connectivity index (χ1) is 12.0. The molecule has 1 fully saturated rings. The third-order valence-corrected chi connectivity index (χ3v) is 5.24. The molecule has 0 saturated carbocycles. The molecule has 2 N–H and O–H groups in total. The zero-order valence-corrected chi connectivity index (χ0v) is 18.8. The van der Waals surface area contributed by atoms with E-state index in [1.165, 1.54) is 20.0 Å². The van der Waals surface area contributed by atoms with Crippen LogP contribution < -0.4 is 10.5 Å². The van der Waals surface area contributed by atoms with Gasteiger partial charge in [0.15, 0.2) is 0 Å². The van der Waals surface area contributed by atoms with Gasteiger partial charge < -0.3 is 20.3 Å². The van der Waals surface area contributed by atoms with Crippen LogP contribution in [0.15, 0.2) is 12.1 Å². The number of ether oxygens (including phenoxy) is 1. The van der Waals surface area contributed by atoms with E-state index in [1.54, 1.807) is 12.1 Å². The van der Waals surface area contributed by atoms with Crippen LogP contribution in [0.5, 0.6) is 5.75 Å². The summed E-state index contributed by atoms with van der Waals surface area (Å²) in [5.74, 6) is 1.10. The highest BCUT2D eigenvalue weighted by Crippen LogP contribution is 2.30. The van der Waals surface area contributed by atoms with Gasteiger partial charge in [-0.15, -0.1) is 24.8 Å². The molecule has 0 bridgehead atoms. The molecule has 1 aromatic rings. The van der Waals surface area contributed by atoms with Crippen LogP contribution in [0.3, 0.4) is 0 Å². The van der Waals surface area contributed by atoms with E-state index in [1.807, 2.05) is 4.90 Å². The van der Waals surface area contributed by atoms with Crippen LogP contribution in [-0.2, 0) is 0 Å². The molecule has 0 radical (unpaired) electrons. The maximum Gasteiger partial charge on any atom is 0.257 e. The van der Waals surface area contributed by atoms with Gasteiger partial charge in [0.25, 0.3) is 5.91 Å². The number of carbonyl (C=O) groups is 1. The van der Waals surface area contributed by atoms with Crippen molar-refractivity contribution in [2.45, 2.75) is 32.6 Å². The number of anilines is 1. The third kappa shape index (κ3) is 7.22. The largest absolute Gasteiger partial charge is 0.496 e. The monoisotopic (exact) mass is 439 g/mol. The Balaban J connectivity index is 0.00000338. The number of likely N-dealkylation sites (tertiary alicyclic amines) is 1. The topological polar surface area (TPSA) is 58.8 Å². The zero-order chi connectivity index (χ0) is 18.4. The molecule has 5 nitrogen and oxygen atoms in total. The van der Waals surface area contributed by atoms with Gasteiger partial charge in [-0.25, -0.2) is 0 Å². The van der Waals surface area contributed by atoms with Crippen LogP contribution in [-0.4, -0.2) is 56.0 Å². The number of piperidine rings is 1. The number of unbranched alkanes of at least 4 members (excludes halogenated alkanes) is 1. The minimum Gasteiger partial charge on any atom is -0.496 e. The SMILES string of the molecule is CCCCN(C)CC1CCN(C(=O)c2cc(Cl)c(N)cc2OC)CC1.Cl.Cl. The van der Waals surface area contributed by atoms with Crippen molar-refractivity contribution in [2.75, 3.05) is 46.1 Å². The number of rotatable bonds is 7. The maximum atomic E-state index is 12.8. The molecule has 1 saturated heterocycles. The van der Waals surface area contributed by atoms with Crippen molar-refractivity contribution in [1.29, 1.82) is 0 Å². The Hall–Kier alpha value is -0.880. The first kappa shape index (κ1) is 26.1. The van der Waals surface area contributed by atoms with E-state index in [2.05, 4.69) is 18.9 Å². The van der Waals surface area contributed by atoms with Crippen molar-refractivity contribution in [3.63, 3.8) is 0 Å². The van der Waals surface area contributed by atoms with Crippen molar-refractivity contribution in [1.82, 2.24) is 9.80 Å². The Kier molecular flexibility index (Phi) is 12.1. The van der Waals surface area contributed by atoms with Gasteiger partial charge in [0.05, 0.1) is 23.4 Å². The Morgan fingerprint density at radius 3 is 2.52 bits per heavy atom. The van der Waals surface area contributed by atoms with Gasteiger partial charge >= 0.3 is 0 Å². The molecule has 1 aromatic carbocycles. The number of hydrogen-bond acceptors (Lipinski definition) is 4. The summed E-state index contributed by atoms with van der Waals surface area (Å²) in [5.41, 5.74) is 6.71. The highest BCUT2D eigenvalue weighted by Gasteiger charge is 2.26. The van der Waals surface area contributed by atoms with Crippen LogP contribution >= 0.6 is 36.4 Å². The summed E-state index contributed by atoms with van der Waals surface area (Å²) in [5, 5.41) is 0.386. The lowest BCUT2D eigenvalue weighted by molar-refractivity contribution is 0.0670. The molecule has 2 rings (SSSR count). The molecule has 27 heavy (non-hydrogen) atoms. The maximum absolute atomic E-state index is 12.8. The Morgan fingerprint density at radius 2 is 1.96 bits per heavy atom. The fourth-order valence-corrected chi connectivity index (χ4v) is 3.52. The molecule has 0 unspecified atom stereocenters. The summed E-state index contributed by atoms with van der Waals surface area (Å²) in [6.07, 6.45) is 4.54. The van der Waals surface area contributed by atoms with Crippen molar-refractivity contribution < 1.29 is 9.53 Å². The van der Waals surface area contributed by atoms with Crippen LogP contribution in [0, 0.1) is 5.92 Å². The lowest BCUT2D eigenvalue weighted by atomic mass is 9.95. The highest BCUT2D eigenvalue weighted by atomic mass is 35.5. The molecule has 0 aromatic heterocycles. The molecule has 0 aliphatic carbocycles. The van der Waals surface area contributed by atoms with Crippen molar-refractivity contribution in [3.8, 4) is 5.75 Å². The van der Waals surface area contributed by atoms with E-state index in [-0.39, 0.29) is 30.7 Å². The molecular formula is C19H32Cl3N3O2. The second kappa shape index (κ2) is 12.6. The van der Waals surface area contributed by atoms with E-state index in [9.17, 15) is 4.79 Å². The van der Waals surface area contributed by atoms with Crippen LogP contribution in [0.1, 0.15) is 43.0 Å². The molecule has 1 aliphatic rings. The standard InChI is InChI=1S/C19H30ClN3O2.2ClH/c1-4-5-8-22(2)13-14-6-9-23(10-7-14)19(24)15-11-16(20)17(21)12-18(15)25-3;;/h11-12,14H,4-10,13,21H2,1-3H3;2*1H. The summed E-state index contributed by atoms with van der Waals surface area (Å²) in [4.78, 5) is 17.2. The average Bonchev–Trinajstić information content (AvgIpc) is 2.62. The van der Waals surface area contributed by atoms with Crippen LogP contribution in [0.25, 0.3) is 0 Å². The fourth-order valence-electron chi connectivity index (χ4n) is 3.35. The van der Waals surface area contributed by atoms with Gasteiger partial charge in [-0.3, -0.25) is 4.79 Å². The number of hydrogen-bond donors (Lipinski definition) is 1. The van der Waals surface area contributed by atoms with E-state index in [4.69, 9.17) is 22.1 Å². The molecular weight excluding hydrogens is 409 g/mol. The second-order valence-corrected chi connectivity index (χ2v) is 7.33. The number of halogens is 3. The minimum absolute atomic E-state index is 0. The number of methoxy groups -OCH3 is 1. The zero-order valence-electron chi connectivity index (χ0n) is 16.4. The molecule has 0 spiro atoms. The molecule has 8 heteroatoms. The normalized spacial score (nSPS) is 14.5. The first-order valence-corrected chi connectivity index (χ1v) is 9.44. The third-order valence-electron chi connectivity index (χ3n) is 4.91. The smallest absolute Gasteiger partial charge is 0.257 e. The number of nitrogen functional groups attached to an aromatic ring is 1. The van der Waals surface area contributed by atoms with Crippen molar-refractivity contribution in [3.05, 3.63) is 22.7 Å². The van der Waals surface area contributed by atoms with E-state index in [0.29, 0.717) is 27.9 Å². The summed E-state index contributed by atoms with van der Waals surface area (Å²) >= 11 is 6.09. The van der Waals surface area contributed by atoms with E-state index < -0.39 is 0 Å². The number of benzene rings is 1. The van der Waals surface area contributed by atoms with Crippen LogP contribution in [0.2, 0.25) is 5.02 Å². The lowest BCUT2D eigenvalue weighted by Crippen LogP contribution is -2.41. The number of amides is 1. The van der Waals surface area contributed by atoms with Gasteiger partial charge in [0, 0.05) is 25.7 Å². The Labute approximate surface area is 180 Å². The van der Waals surface area contributed by atoms with Gasteiger partial charge in [0.2, 0.25) is 0 Å². The highest BCUT2D eigenvalue weighted by molar-refractivity contribution is 6.33. The lowest BCUT2D eigenvalue weighted by Gasteiger charge is -2.34. The van der Waals surface area contributed by atoms with Gasteiger partial charge in [0.1, 0.15) is 5.75 Å². The summed E-state index contributed by atoms with van der Waals surface area (Å²) in [6.45, 7) is 6.03. The van der Waals surface area contributed by atoms with Crippen molar-refractivity contribution >= 4 is 48.0 Å². The Morgan fingerprint density at radius 1 is 1.33 bits per heavy atom. The van der Waals surface area contributed by atoms with Gasteiger partial charge in [-0.05, 0) is 44.8 Å². The van der Waals surface area contributed by atoms with E-state index >= 15 is 0 Å². The Bertz CT molecular complexity index is 594. The van der Waals surface area contributed by atoms with E-state index in [0.717, 1.165) is 39.0 Å². The summed E-state index contributed by atoms with van der Waals surface area (Å²) in [7, 11) is 3.73. The van der Waals surface area contributed by atoms with Gasteiger partial charge in [-0.2, -0.15) is 0 Å². The quantitative estimate of drug-likeness (QED) is 0.640. The molecule has 1 amide bonds. The molecule has 156 valence electrons. The fraction of sp³-hybridized carbons (Fsp3) is 0.632. The predicted octanol–water partition coefficient (Wildman–Crippen LogP) is 4.36. The average molecular weight is 441 g/mol. The molecule has 1 aliphatic heterocycles. The van der Waals surface area contributed by atoms with Gasteiger partial charge in [-0.1, -0.05) is 24.9 Å². The minimum atomic E-state index is -0.0310. The molecule has 0 atom stereocenters. The van der Waals surface area contributed by atoms with Crippen LogP contribution in [0.4, 0.5) is 5.69 Å².